The van der Waals surface area contributed by atoms with Crippen LogP contribution in [-0.4, -0.2) is 29.1 Å². The number of guanidine groups is 1. The van der Waals surface area contributed by atoms with E-state index in [0.29, 0.717) is 0 Å². The zero-order valence-corrected chi connectivity index (χ0v) is 15.2. The Hall–Kier alpha value is -2.60. The van der Waals surface area contributed by atoms with Crippen LogP contribution < -0.4 is 10.6 Å². The molecule has 0 spiro atoms. The zero-order chi connectivity index (χ0) is 17.3. The molecule has 2 heterocycles. The molecule has 1 aromatic carbocycles. The van der Waals surface area contributed by atoms with Crippen LogP contribution in [-0.2, 0) is 19.5 Å². The van der Waals surface area contributed by atoms with Gasteiger partial charge in [0.25, 0.3) is 0 Å². The van der Waals surface area contributed by atoms with Gasteiger partial charge in [0.1, 0.15) is 5.82 Å². The van der Waals surface area contributed by atoms with Crippen LogP contribution in [0.2, 0.25) is 0 Å². The molecule has 6 heteroatoms. The van der Waals surface area contributed by atoms with E-state index in [0.717, 1.165) is 37.8 Å². The first kappa shape index (κ1) is 17.2. The van der Waals surface area contributed by atoms with Crippen LogP contribution in [0.3, 0.4) is 0 Å². The number of hydrogen-bond acceptors (Lipinski definition) is 3. The van der Waals surface area contributed by atoms with E-state index in [2.05, 4.69) is 66.3 Å². The second kappa shape index (κ2) is 9.03. The lowest BCUT2D eigenvalue weighted by atomic mass is 10.2. The Morgan fingerprint density at radius 1 is 1.16 bits per heavy atom. The molecule has 0 saturated heterocycles. The largest absolute Gasteiger partial charge is 0.356 e. The normalized spacial score (nSPS) is 11.5. The van der Waals surface area contributed by atoms with Gasteiger partial charge < -0.3 is 15.2 Å². The van der Waals surface area contributed by atoms with Gasteiger partial charge in [0.2, 0.25) is 0 Å². The number of thiophene rings is 1. The summed E-state index contributed by atoms with van der Waals surface area (Å²) in [6, 6.07) is 12.6. The van der Waals surface area contributed by atoms with Crippen LogP contribution in [0.1, 0.15) is 17.0 Å². The molecule has 25 heavy (non-hydrogen) atoms. The molecule has 0 amide bonds. The summed E-state index contributed by atoms with van der Waals surface area (Å²) in [5, 5.41) is 10.9. The van der Waals surface area contributed by atoms with E-state index in [9.17, 15) is 0 Å². The number of benzene rings is 1. The minimum Gasteiger partial charge on any atom is -0.356 e. The Balaban J connectivity index is 1.47. The minimum absolute atomic E-state index is 0.784. The minimum atomic E-state index is 0.784. The van der Waals surface area contributed by atoms with Gasteiger partial charge in [0.05, 0.1) is 0 Å². The summed E-state index contributed by atoms with van der Waals surface area (Å²) < 4.78 is 2.19. The van der Waals surface area contributed by atoms with Crippen molar-refractivity contribution in [3.8, 4) is 0 Å². The molecule has 3 rings (SSSR count). The molecule has 0 radical (unpaired) electrons. The van der Waals surface area contributed by atoms with Gasteiger partial charge in [-0.25, -0.2) is 4.98 Å². The highest BCUT2D eigenvalue weighted by atomic mass is 32.1. The third-order valence-corrected chi connectivity index (χ3v) is 4.63. The maximum atomic E-state index is 4.49. The maximum Gasteiger partial charge on any atom is 0.191 e. The first-order valence-electron chi connectivity index (χ1n) is 8.34. The van der Waals surface area contributed by atoms with Crippen molar-refractivity contribution in [3.63, 3.8) is 0 Å². The molecule has 0 bridgehead atoms. The van der Waals surface area contributed by atoms with Gasteiger partial charge in [0.15, 0.2) is 5.96 Å². The number of aliphatic imine (C=N–C) groups is 1. The van der Waals surface area contributed by atoms with Crippen molar-refractivity contribution in [1.29, 1.82) is 0 Å². The number of nitrogens with zero attached hydrogens (tertiary/aromatic N) is 3. The Morgan fingerprint density at radius 3 is 2.80 bits per heavy atom. The fourth-order valence-corrected chi connectivity index (χ4v) is 3.25. The van der Waals surface area contributed by atoms with Crippen LogP contribution in [0.5, 0.6) is 0 Å². The highest BCUT2D eigenvalue weighted by Gasteiger charge is 2.05. The molecule has 2 N–H and O–H groups in total. The van der Waals surface area contributed by atoms with E-state index < -0.39 is 0 Å². The summed E-state index contributed by atoms with van der Waals surface area (Å²) in [6.07, 6.45) is 4.74. The number of hydrogen-bond donors (Lipinski definition) is 2. The first-order valence-corrected chi connectivity index (χ1v) is 9.29. The molecule has 0 atom stereocenters. The van der Waals surface area contributed by atoms with Crippen molar-refractivity contribution < 1.29 is 0 Å². The van der Waals surface area contributed by atoms with Crippen LogP contribution >= 0.6 is 11.3 Å². The molecular formula is C19H23N5S. The number of aromatic nitrogens is 2. The van der Waals surface area contributed by atoms with E-state index in [4.69, 9.17) is 0 Å². The van der Waals surface area contributed by atoms with Gasteiger partial charge in [-0.05, 0) is 28.0 Å². The Bertz CT molecular complexity index is 777. The lowest BCUT2D eigenvalue weighted by Crippen LogP contribution is -2.38. The molecule has 0 fully saturated rings. The number of imidazole rings is 1. The molecule has 0 aliphatic rings. The van der Waals surface area contributed by atoms with Gasteiger partial charge in [-0.2, -0.15) is 11.3 Å². The Kier molecular flexibility index (Phi) is 6.23. The molecule has 5 nitrogen and oxygen atoms in total. The molecule has 0 saturated carbocycles. The highest BCUT2D eigenvalue weighted by Crippen LogP contribution is 2.06. The fraction of sp³-hybridized carbons (Fsp3) is 0.263. The van der Waals surface area contributed by atoms with Gasteiger partial charge in [-0.1, -0.05) is 30.3 Å². The molecule has 0 aliphatic heterocycles. The average molecular weight is 353 g/mol. The van der Waals surface area contributed by atoms with Gasteiger partial charge in [0, 0.05) is 45.5 Å². The van der Waals surface area contributed by atoms with Crippen molar-refractivity contribution in [2.75, 3.05) is 13.6 Å². The van der Waals surface area contributed by atoms with Crippen molar-refractivity contribution in [2.24, 2.45) is 4.99 Å². The third-order valence-electron chi connectivity index (χ3n) is 3.90. The molecule has 3 aromatic rings. The smallest absolute Gasteiger partial charge is 0.191 e. The quantitative estimate of drug-likeness (QED) is 0.507. The molecule has 130 valence electrons. The van der Waals surface area contributed by atoms with E-state index in [1.54, 1.807) is 18.4 Å². The zero-order valence-electron chi connectivity index (χ0n) is 14.4. The van der Waals surface area contributed by atoms with Crippen LogP contribution in [0.15, 0.2) is 64.5 Å². The van der Waals surface area contributed by atoms with E-state index in [1.807, 2.05) is 18.5 Å². The lowest BCUT2D eigenvalue weighted by Gasteiger charge is -2.12. The Morgan fingerprint density at radius 2 is 2.04 bits per heavy atom. The fourth-order valence-electron chi connectivity index (χ4n) is 2.58. The second-order valence-electron chi connectivity index (χ2n) is 5.69. The maximum absolute atomic E-state index is 4.49. The van der Waals surface area contributed by atoms with E-state index >= 15 is 0 Å². The molecule has 2 aromatic heterocycles. The van der Waals surface area contributed by atoms with Crippen molar-refractivity contribution >= 4 is 17.3 Å². The summed E-state index contributed by atoms with van der Waals surface area (Å²) in [6.45, 7) is 2.42. The second-order valence-corrected chi connectivity index (χ2v) is 6.47. The predicted molar refractivity (Wildman–Crippen MR) is 104 cm³/mol. The van der Waals surface area contributed by atoms with E-state index in [-0.39, 0.29) is 0 Å². The summed E-state index contributed by atoms with van der Waals surface area (Å²) in [5.74, 6) is 1.89. The van der Waals surface area contributed by atoms with E-state index in [1.165, 1.54) is 11.1 Å². The summed E-state index contributed by atoms with van der Waals surface area (Å²) in [7, 11) is 1.79. The summed E-state index contributed by atoms with van der Waals surface area (Å²) >= 11 is 1.71. The topological polar surface area (TPSA) is 54.2 Å². The molecule has 0 aliphatic carbocycles. The summed E-state index contributed by atoms with van der Waals surface area (Å²) in [4.78, 5) is 8.75. The van der Waals surface area contributed by atoms with Gasteiger partial charge >= 0.3 is 0 Å². The molecule has 0 unspecified atom stereocenters. The molecular weight excluding hydrogens is 330 g/mol. The highest BCUT2D eigenvalue weighted by molar-refractivity contribution is 7.07. The average Bonchev–Trinajstić information content (AvgIpc) is 3.31. The Labute approximate surface area is 152 Å². The predicted octanol–water partition coefficient (Wildman–Crippen LogP) is 2.90. The van der Waals surface area contributed by atoms with Crippen molar-refractivity contribution in [1.82, 2.24) is 20.2 Å². The lowest BCUT2D eigenvalue weighted by molar-refractivity contribution is 0.694. The van der Waals surface area contributed by atoms with Crippen molar-refractivity contribution in [2.45, 2.75) is 19.5 Å². The SMILES string of the molecule is CN=C(NCCc1nccn1Cc1ccccc1)NCc1ccsc1. The van der Waals surface area contributed by atoms with Crippen LogP contribution in [0.25, 0.3) is 0 Å². The van der Waals surface area contributed by atoms with Gasteiger partial charge in [-0.15, -0.1) is 0 Å². The monoisotopic (exact) mass is 353 g/mol. The number of nitrogens with one attached hydrogen (secondary N) is 2. The van der Waals surface area contributed by atoms with Crippen LogP contribution in [0.4, 0.5) is 0 Å². The first-order chi connectivity index (χ1) is 12.3. The van der Waals surface area contributed by atoms with Crippen molar-refractivity contribution in [3.05, 3.63) is 76.5 Å². The summed E-state index contributed by atoms with van der Waals surface area (Å²) in [5.41, 5.74) is 2.55. The number of rotatable bonds is 7. The standard InChI is InChI=1S/C19H23N5S/c1-20-19(23-13-17-8-12-25-15-17)22-9-7-18-21-10-11-24(18)14-16-5-3-2-4-6-16/h2-6,8,10-12,15H,7,9,13-14H2,1H3,(H2,20,22,23). The van der Waals surface area contributed by atoms with Gasteiger partial charge in [-0.3, -0.25) is 4.99 Å². The van der Waals surface area contributed by atoms with Crippen LogP contribution in [0, 0.1) is 0 Å². The third kappa shape index (κ3) is 5.19.